The van der Waals surface area contributed by atoms with Gasteiger partial charge in [0.25, 0.3) is 0 Å². The molecular weight excluding hydrogens is 374 g/mol. The lowest BCUT2D eigenvalue weighted by atomic mass is 9.81. The fourth-order valence-corrected chi connectivity index (χ4v) is 4.52. The number of hydrazine groups is 1. The summed E-state index contributed by atoms with van der Waals surface area (Å²) in [4.78, 5) is 0. The summed E-state index contributed by atoms with van der Waals surface area (Å²) in [6.45, 7) is 0.865. The number of ether oxygens (including phenoxy) is 1. The van der Waals surface area contributed by atoms with E-state index in [-0.39, 0.29) is 6.04 Å². The quantitative estimate of drug-likeness (QED) is 0.751. The first-order valence-corrected chi connectivity index (χ1v) is 11.3. The molecule has 6 nitrogen and oxygen atoms in total. The van der Waals surface area contributed by atoms with E-state index in [1.165, 1.54) is 16.1 Å². The van der Waals surface area contributed by atoms with Crippen molar-refractivity contribution in [2.75, 3.05) is 31.3 Å². The second-order valence-corrected chi connectivity index (χ2v) is 9.44. The van der Waals surface area contributed by atoms with Gasteiger partial charge in [-0.25, -0.2) is 13.4 Å². The molecule has 0 unspecified atom stereocenters. The molecule has 0 aromatic heterocycles. The van der Waals surface area contributed by atoms with Crippen molar-refractivity contribution in [2.45, 2.75) is 25.3 Å². The molecule has 2 N–H and O–H groups in total. The first-order chi connectivity index (χ1) is 13.3. The molecule has 0 bridgehead atoms. The zero-order valence-electron chi connectivity index (χ0n) is 16.7. The summed E-state index contributed by atoms with van der Waals surface area (Å²) in [5.74, 6) is 7.46. The normalized spacial score (nSPS) is 20.7. The van der Waals surface area contributed by atoms with Gasteiger partial charge < -0.3 is 4.74 Å². The van der Waals surface area contributed by atoms with Crippen molar-refractivity contribution in [1.82, 2.24) is 5.01 Å². The van der Waals surface area contributed by atoms with Crippen LogP contribution in [0.3, 0.4) is 0 Å². The van der Waals surface area contributed by atoms with Crippen LogP contribution in [0.4, 0.5) is 5.69 Å². The Bertz CT molecular complexity index is 902. The van der Waals surface area contributed by atoms with Gasteiger partial charge in [0, 0.05) is 13.6 Å². The Morgan fingerprint density at radius 1 is 1.21 bits per heavy atom. The molecule has 7 heteroatoms. The van der Waals surface area contributed by atoms with Gasteiger partial charge in [0.15, 0.2) is 0 Å². The van der Waals surface area contributed by atoms with Crippen LogP contribution in [0.1, 0.15) is 30.0 Å². The van der Waals surface area contributed by atoms with Gasteiger partial charge in [-0.15, -0.1) is 0 Å². The average molecular weight is 404 g/mol. The average Bonchev–Trinajstić information content (AvgIpc) is 2.67. The van der Waals surface area contributed by atoms with Crippen LogP contribution in [0, 0.1) is 5.92 Å². The van der Waals surface area contributed by atoms with E-state index in [0.29, 0.717) is 11.6 Å². The number of benzene rings is 2. The molecular formula is C21H29N3O3S. The van der Waals surface area contributed by atoms with Crippen LogP contribution in [-0.4, -0.2) is 40.4 Å². The molecule has 1 saturated heterocycles. The highest BCUT2D eigenvalue weighted by Crippen LogP contribution is 2.38. The van der Waals surface area contributed by atoms with E-state index < -0.39 is 10.0 Å². The van der Waals surface area contributed by atoms with E-state index in [9.17, 15) is 8.42 Å². The minimum Gasteiger partial charge on any atom is -0.496 e. The molecule has 1 aliphatic rings. The highest BCUT2D eigenvalue weighted by atomic mass is 32.2. The van der Waals surface area contributed by atoms with E-state index in [0.717, 1.165) is 37.1 Å². The fourth-order valence-electron chi connectivity index (χ4n) is 4.03. The Labute approximate surface area is 167 Å². The first-order valence-electron chi connectivity index (χ1n) is 9.48. The molecule has 2 aromatic carbocycles. The third kappa shape index (κ3) is 4.48. The molecule has 3 rings (SSSR count). The van der Waals surface area contributed by atoms with Gasteiger partial charge in [-0.1, -0.05) is 30.3 Å². The van der Waals surface area contributed by atoms with E-state index in [1.807, 2.05) is 35.3 Å². The molecule has 1 heterocycles. The zero-order chi connectivity index (χ0) is 20.3. The number of sulfonamides is 1. The van der Waals surface area contributed by atoms with Crippen molar-refractivity contribution in [1.29, 1.82) is 0 Å². The number of hydrogen-bond acceptors (Lipinski definition) is 5. The van der Waals surface area contributed by atoms with Gasteiger partial charge in [0.1, 0.15) is 5.75 Å². The molecule has 2 atom stereocenters. The number of hydrogen-bond donors (Lipinski definition) is 1. The lowest BCUT2D eigenvalue weighted by Gasteiger charge is -2.39. The van der Waals surface area contributed by atoms with Crippen LogP contribution < -0.4 is 14.9 Å². The summed E-state index contributed by atoms with van der Waals surface area (Å²) in [7, 11) is -0.116. The van der Waals surface area contributed by atoms with E-state index in [4.69, 9.17) is 10.6 Å². The van der Waals surface area contributed by atoms with E-state index >= 15 is 0 Å². The highest BCUT2D eigenvalue weighted by molar-refractivity contribution is 7.92. The zero-order valence-corrected chi connectivity index (χ0v) is 17.5. The van der Waals surface area contributed by atoms with Crippen LogP contribution in [0.25, 0.3) is 0 Å². The molecule has 0 radical (unpaired) electrons. The van der Waals surface area contributed by atoms with Crippen LogP contribution in [0.5, 0.6) is 5.75 Å². The largest absolute Gasteiger partial charge is 0.496 e. The number of anilines is 1. The molecule has 0 spiro atoms. The van der Waals surface area contributed by atoms with E-state index in [2.05, 4.69) is 12.1 Å². The van der Waals surface area contributed by atoms with Crippen molar-refractivity contribution in [3.63, 3.8) is 0 Å². The number of piperidine rings is 1. The third-order valence-corrected chi connectivity index (χ3v) is 6.75. The van der Waals surface area contributed by atoms with Crippen LogP contribution >= 0.6 is 0 Å². The van der Waals surface area contributed by atoms with Crippen molar-refractivity contribution >= 4 is 15.7 Å². The summed E-state index contributed by atoms with van der Waals surface area (Å²) >= 11 is 0. The Hall–Kier alpha value is -2.09. The number of nitrogens with two attached hydrogens (primary N) is 1. The van der Waals surface area contributed by atoms with E-state index in [1.54, 1.807) is 20.2 Å². The molecule has 2 aromatic rings. The Morgan fingerprint density at radius 2 is 1.93 bits per heavy atom. The van der Waals surface area contributed by atoms with Crippen LogP contribution in [0.2, 0.25) is 0 Å². The molecule has 0 amide bonds. The second-order valence-electron chi connectivity index (χ2n) is 7.43. The Balaban J connectivity index is 1.94. The first kappa shape index (κ1) is 20.6. The lowest BCUT2D eigenvalue weighted by Crippen LogP contribution is -2.44. The monoisotopic (exact) mass is 403 g/mol. The van der Waals surface area contributed by atoms with Gasteiger partial charge in [-0.2, -0.15) is 0 Å². The Morgan fingerprint density at radius 3 is 2.57 bits per heavy atom. The van der Waals surface area contributed by atoms with Crippen molar-refractivity contribution < 1.29 is 13.2 Å². The molecule has 0 saturated carbocycles. The van der Waals surface area contributed by atoms with Gasteiger partial charge in [-0.3, -0.25) is 10.1 Å². The number of nitrogens with zero attached hydrogens (tertiary/aromatic N) is 2. The predicted octanol–water partition coefficient (Wildman–Crippen LogP) is 2.96. The Kier molecular flexibility index (Phi) is 6.27. The van der Waals surface area contributed by atoms with Gasteiger partial charge in [0.05, 0.1) is 25.1 Å². The van der Waals surface area contributed by atoms with Gasteiger partial charge >= 0.3 is 0 Å². The van der Waals surface area contributed by atoms with Crippen LogP contribution in [-0.2, 0) is 16.4 Å². The molecule has 1 fully saturated rings. The molecule has 0 aliphatic carbocycles. The minimum absolute atomic E-state index is 0.121. The molecule has 152 valence electrons. The van der Waals surface area contributed by atoms with Crippen LogP contribution in [0.15, 0.2) is 48.5 Å². The SMILES string of the molecule is COc1ccc(N(C)S(C)(=O)=O)cc1C[C@@H]1CCCN(N)[C@@H]1c1ccccc1. The minimum atomic E-state index is -3.32. The number of methoxy groups -OCH3 is 1. The fraction of sp³-hybridized carbons (Fsp3) is 0.429. The van der Waals surface area contributed by atoms with Crippen molar-refractivity contribution in [3.05, 3.63) is 59.7 Å². The summed E-state index contributed by atoms with van der Waals surface area (Å²) in [6.07, 6.45) is 4.07. The topological polar surface area (TPSA) is 75.9 Å². The predicted molar refractivity (Wildman–Crippen MR) is 113 cm³/mol. The van der Waals surface area contributed by atoms with Gasteiger partial charge in [0.2, 0.25) is 10.0 Å². The summed E-state index contributed by atoms with van der Waals surface area (Å²) in [5.41, 5.74) is 2.84. The second kappa shape index (κ2) is 8.51. The smallest absolute Gasteiger partial charge is 0.231 e. The summed E-state index contributed by atoms with van der Waals surface area (Å²) in [5, 5.41) is 1.93. The summed E-state index contributed by atoms with van der Waals surface area (Å²) < 4.78 is 30.7. The highest BCUT2D eigenvalue weighted by Gasteiger charge is 2.32. The lowest BCUT2D eigenvalue weighted by molar-refractivity contribution is 0.0923. The molecule has 1 aliphatic heterocycles. The summed E-state index contributed by atoms with van der Waals surface area (Å²) in [6, 6.07) is 16.0. The van der Waals surface area contributed by atoms with Crippen molar-refractivity contribution in [3.8, 4) is 5.75 Å². The van der Waals surface area contributed by atoms with Gasteiger partial charge in [-0.05, 0) is 54.5 Å². The third-order valence-electron chi connectivity index (χ3n) is 5.54. The molecule has 28 heavy (non-hydrogen) atoms. The maximum atomic E-state index is 11.9. The van der Waals surface area contributed by atoms with Crippen molar-refractivity contribution in [2.24, 2.45) is 11.8 Å². The maximum Gasteiger partial charge on any atom is 0.231 e. The number of rotatable bonds is 6. The standard InChI is InChI=1S/C21H29N3O3S/c1-23(28(3,25)26)19-11-12-20(27-2)18(15-19)14-17-10-7-13-24(22)21(17)16-8-5-4-6-9-16/h4-6,8-9,11-12,15,17,21H,7,10,13-14,22H2,1-3H3/t17-,21+/m0/s1. The maximum absolute atomic E-state index is 11.9.